The molecule has 0 aliphatic heterocycles. The Bertz CT molecular complexity index is 1000. The van der Waals surface area contributed by atoms with E-state index in [9.17, 15) is 14.9 Å². The molecule has 6 nitrogen and oxygen atoms in total. The lowest BCUT2D eigenvalue weighted by atomic mass is 9.80. The molecule has 1 aromatic heterocycles. The van der Waals surface area contributed by atoms with E-state index < -0.39 is 17.0 Å². The van der Waals surface area contributed by atoms with Gasteiger partial charge in [-0.1, -0.05) is 30.9 Å². The molecule has 4 rings (SSSR count). The van der Waals surface area contributed by atoms with E-state index in [0.29, 0.717) is 36.7 Å². The van der Waals surface area contributed by atoms with Gasteiger partial charge in [0.15, 0.2) is 0 Å². The number of carbonyl (C=O) groups excluding carboxylic acids is 2. The lowest BCUT2D eigenvalue weighted by molar-refractivity contribution is -0.129. The van der Waals surface area contributed by atoms with Crippen molar-refractivity contribution in [2.45, 2.75) is 56.0 Å². The maximum Gasteiger partial charge on any atom is 0.289 e. The van der Waals surface area contributed by atoms with Gasteiger partial charge < -0.3 is 15.1 Å². The number of halogens is 2. The number of carbonyl (C=O) groups is 2. The first-order valence-corrected chi connectivity index (χ1v) is 10.8. The zero-order valence-electron chi connectivity index (χ0n) is 15.1. The van der Waals surface area contributed by atoms with Gasteiger partial charge >= 0.3 is 0 Å². The lowest BCUT2D eigenvalue weighted by Crippen LogP contribution is -2.61. The highest BCUT2D eigenvalue weighted by atomic mass is 127. The summed E-state index contributed by atoms with van der Waals surface area (Å²) in [7, 11) is 0. The van der Waals surface area contributed by atoms with Crippen molar-refractivity contribution in [3.05, 3.63) is 32.6 Å². The third-order valence-corrected chi connectivity index (χ3v) is 6.66. The molecule has 2 fully saturated rings. The number of hydrogen-bond donors (Lipinski definition) is 2. The van der Waals surface area contributed by atoms with E-state index >= 15 is 0 Å². The number of rotatable bonds is 4. The Hall–Kier alpha value is -1.79. The Morgan fingerprint density at radius 3 is 2.50 bits per heavy atom. The van der Waals surface area contributed by atoms with Crippen molar-refractivity contribution < 1.29 is 14.0 Å². The second kappa shape index (κ2) is 7.23. The smallest absolute Gasteiger partial charge is 0.289 e. The van der Waals surface area contributed by atoms with Gasteiger partial charge in [-0.05, 0) is 66.5 Å². The van der Waals surface area contributed by atoms with Crippen molar-refractivity contribution in [3.63, 3.8) is 0 Å². The van der Waals surface area contributed by atoms with E-state index in [1.165, 1.54) is 0 Å². The van der Waals surface area contributed by atoms with Crippen molar-refractivity contribution in [1.82, 2.24) is 10.6 Å². The van der Waals surface area contributed by atoms with Gasteiger partial charge in [-0.2, -0.15) is 5.26 Å². The summed E-state index contributed by atoms with van der Waals surface area (Å²) in [6.07, 6.45) is 5.03. The van der Waals surface area contributed by atoms with E-state index in [4.69, 9.17) is 16.0 Å². The second-order valence-corrected chi connectivity index (χ2v) is 9.25. The van der Waals surface area contributed by atoms with Crippen LogP contribution < -0.4 is 10.6 Å². The minimum atomic E-state index is -1.04. The normalized spacial score (nSPS) is 19.6. The van der Waals surface area contributed by atoms with Crippen LogP contribution in [0.25, 0.3) is 11.0 Å². The highest BCUT2D eigenvalue weighted by molar-refractivity contribution is 14.1. The van der Waals surface area contributed by atoms with Crippen molar-refractivity contribution in [1.29, 1.82) is 5.26 Å². The molecule has 0 atom stereocenters. The van der Waals surface area contributed by atoms with Crippen LogP contribution in [0.3, 0.4) is 0 Å². The molecular weight excluding hydrogens is 493 g/mol. The van der Waals surface area contributed by atoms with E-state index in [2.05, 4.69) is 39.3 Å². The highest BCUT2D eigenvalue weighted by Crippen LogP contribution is 2.37. The largest absolute Gasteiger partial charge is 0.449 e. The predicted molar refractivity (Wildman–Crippen MR) is 113 cm³/mol. The van der Waals surface area contributed by atoms with Crippen LogP contribution in [0.1, 0.15) is 55.5 Å². The van der Waals surface area contributed by atoms with Crippen molar-refractivity contribution >= 4 is 57.0 Å². The minimum Gasteiger partial charge on any atom is -0.449 e. The van der Waals surface area contributed by atoms with Crippen LogP contribution in [0.4, 0.5) is 0 Å². The molecule has 0 saturated heterocycles. The Balaban J connectivity index is 1.62. The molecule has 1 heterocycles. The molecule has 0 spiro atoms. The van der Waals surface area contributed by atoms with Crippen LogP contribution in [0.2, 0.25) is 5.02 Å². The van der Waals surface area contributed by atoms with Gasteiger partial charge in [0, 0.05) is 8.96 Å². The molecule has 2 aromatic rings. The quantitative estimate of drug-likeness (QED) is 0.599. The number of hydrogen-bond acceptors (Lipinski definition) is 4. The first kappa shape index (κ1) is 19.5. The zero-order valence-corrected chi connectivity index (χ0v) is 18.0. The number of nitrogens with zero attached hydrogens (tertiary/aromatic N) is 1. The number of amides is 2. The highest BCUT2D eigenvalue weighted by Gasteiger charge is 2.50. The Morgan fingerprint density at radius 1 is 1.14 bits per heavy atom. The molecule has 1 aromatic carbocycles. The summed E-state index contributed by atoms with van der Waals surface area (Å²) in [5, 5.41) is 16.0. The van der Waals surface area contributed by atoms with Crippen molar-refractivity contribution in [3.8, 4) is 6.07 Å². The first-order valence-electron chi connectivity index (χ1n) is 9.32. The standard InChI is InChI=1S/C20H19ClIN3O3/c21-15-13-5-4-12(22)10-14(13)28-16(15)17(26)24-20(6-2-1-3-7-20)18(27)25-19(11-23)8-9-19/h4-5,10H,1-3,6-9H2,(H,24,26)(H,25,27). The molecule has 2 aliphatic rings. The minimum absolute atomic E-state index is 0.0119. The third kappa shape index (κ3) is 3.48. The summed E-state index contributed by atoms with van der Waals surface area (Å²) in [5.74, 6) is -0.783. The Labute approximate surface area is 181 Å². The number of benzene rings is 1. The van der Waals surface area contributed by atoms with Crippen LogP contribution in [0, 0.1) is 14.9 Å². The topological polar surface area (TPSA) is 95.1 Å². The average Bonchev–Trinajstić information content (AvgIpc) is 3.38. The Kier molecular flexibility index (Phi) is 5.04. The monoisotopic (exact) mass is 511 g/mol. The van der Waals surface area contributed by atoms with E-state index in [1.807, 2.05) is 18.2 Å². The molecule has 0 bridgehead atoms. The molecule has 2 saturated carbocycles. The van der Waals surface area contributed by atoms with Gasteiger partial charge in [-0.15, -0.1) is 0 Å². The van der Waals surface area contributed by atoms with Crippen LogP contribution in [-0.2, 0) is 4.79 Å². The van der Waals surface area contributed by atoms with Gasteiger partial charge in [0.05, 0.1) is 11.1 Å². The molecular formula is C20H19ClIN3O3. The molecule has 146 valence electrons. The fraction of sp³-hybridized carbons (Fsp3) is 0.450. The van der Waals surface area contributed by atoms with Gasteiger partial charge in [-0.25, -0.2) is 0 Å². The third-order valence-electron chi connectivity index (χ3n) is 5.61. The summed E-state index contributed by atoms with van der Waals surface area (Å²) >= 11 is 8.55. The molecule has 0 unspecified atom stereocenters. The summed E-state index contributed by atoms with van der Waals surface area (Å²) in [6.45, 7) is 0. The number of nitrogens with one attached hydrogen (secondary N) is 2. The zero-order chi connectivity index (χ0) is 19.9. The fourth-order valence-electron chi connectivity index (χ4n) is 3.75. The summed E-state index contributed by atoms with van der Waals surface area (Å²) in [5.41, 5.74) is -1.29. The molecule has 2 N–H and O–H groups in total. The molecule has 2 amide bonds. The summed E-state index contributed by atoms with van der Waals surface area (Å²) < 4.78 is 6.68. The van der Waals surface area contributed by atoms with Crippen LogP contribution >= 0.6 is 34.2 Å². The van der Waals surface area contributed by atoms with E-state index in [1.54, 1.807) is 0 Å². The summed E-state index contributed by atoms with van der Waals surface area (Å²) in [4.78, 5) is 26.1. The molecule has 8 heteroatoms. The van der Waals surface area contributed by atoms with Crippen molar-refractivity contribution in [2.75, 3.05) is 0 Å². The molecule has 2 aliphatic carbocycles. The van der Waals surface area contributed by atoms with Crippen LogP contribution in [-0.4, -0.2) is 22.9 Å². The molecule has 0 radical (unpaired) electrons. The van der Waals surface area contributed by atoms with Gasteiger partial charge in [0.25, 0.3) is 5.91 Å². The van der Waals surface area contributed by atoms with Gasteiger partial charge in [0.1, 0.15) is 16.7 Å². The number of fused-ring (bicyclic) bond motifs is 1. The first-order chi connectivity index (χ1) is 13.4. The lowest BCUT2D eigenvalue weighted by Gasteiger charge is -2.37. The maximum absolute atomic E-state index is 13.1. The Morgan fingerprint density at radius 2 is 1.86 bits per heavy atom. The maximum atomic E-state index is 13.1. The predicted octanol–water partition coefficient (Wildman–Crippen LogP) is 4.30. The fourth-order valence-corrected chi connectivity index (χ4v) is 4.49. The van der Waals surface area contributed by atoms with E-state index in [0.717, 1.165) is 22.8 Å². The summed E-state index contributed by atoms with van der Waals surface area (Å²) in [6, 6.07) is 7.68. The number of nitriles is 1. The molecule has 28 heavy (non-hydrogen) atoms. The van der Waals surface area contributed by atoms with Gasteiger partial charge in [0.2, 0.25) is 11.7 Å². The van der Waals surface area contributed by atoms with Crippen LogP contribution in [0.5, 0.6) is 0 Å². The van der Waals surface area contributed by atoms with E-state index in [-0.39, 0.29) is 16.7 Å². The average molecular weight is 512 g/mol. The van der Waals surface area contributed by atoms with Gasteiger partial charge in [-0.3, -0.25) is 9.59 Å². The van der Waals surface area contributed by atoms with Crippen molar-refractivity contribution in [2.24, 2.45) is 0 Å². The van der Waals surface area contributed by atoms with Crippen LogP contribution in [0.15, 0.2) is 22.6 Å². The number of furan rings is 1. The second-order valence-electron chi connectivity index (χ2n) is 7.63. The SMILES string of the molecule is N#CC1(NC(=O)C2(NC(=O)c3oc4cc(I)ccc4c3Cl)CCCCC2)CC1.